The van der Waals surface area contributed by atoms with E-state index in [0.717, 1.165) is 27.8 Å². The van der Waals surface area contributed by atoms with Gasteiger partial charge in [-0.2, -0.15) is 0 Å². The number of hydrogen-bond donors (Lipinski definition) is 3. The lowest BCUT2D eigenvalue weighted by atomic mass is 10.0. The average molecular weight is 618 g/mol. The van der Waals surface area contributed by atoms with E-state index in [0.29, 0.717) is 58.0 Å². The molecule has 6 aromatic rings. The van der Waals surface area contributed by atoms with Gasteiger partial charge in [0.05, 0.1) is 50.8 Å². The molecule has 3 N–H and O–H groups in total. The number of fused-ring (bicyclic) bond motifs is 2. The summed E-state index contributed by atoms with van der Waals surface area (Å²) in [7, 11) is 4.65. The first-order valence-electron chi connectivity index (χ1n) is 14.9. The van der Waals surface area contributed by atoms with Crippen molar-refractivity contribution < 1.29 is 28.8 Å². The highest BCUT2D eigenvalue weighted by molar-refractivity contribution is 6.07. The van der Waals surface area contributed by atoms with Gasteiger partial charge in [0.25, 0.3) is 5.91 Å². The topological polar surface area (TPSA) is 115 Å². The number of rotatable bonds is 12. The fourth-order valence-corrected chi connectivity index (χ4v) is 5.59. The number of methoxy groups -OCH3 is 3. The van der Waals surface area contributed by atoms with Gasteiger partial charge in [-0.25, -0.2) is 4.98 Å². The van der Waals surface area contributed by atoms with Crippen LogP contribution in [0.15, 0.2) is 97.2 Å². The van der Waals surface area contributed by atoms with Crippen LogP contribution in [0.5, 0.6) is 23.0 Å². The molecule has 9 heteroatoms. The summed E-state index contributed by atoms with van der Waals surface area (Å²) in [4.78, 5) is 22.0. The standard InChI is InChI=1S/C37H35N3O6/c1-43-34-16-24(17-35(44-2)36(34)45-3)33-19-30(28-11-7-8-12-32(28)40-33)37(42)39-26(21-41)15-25-20-38-31-14-13-27(18-29(25)31)46-22-23-9-5-4-6-10-23/h4-14,16-20,26,38,41H,15,21-22H2,1-3H3,(H,39,42)/t26-/m1/s1. The minimum atomic E-state index is -0.544. The van der Waals surface area contributed by atoms with E-state index in [1.54, 1.807) is 39.5 Å². The summed E-state index contributed by atoms with van der Waals surface area (Å²) >= 11 is 0. The lowest BCUT2D eigenvalue weighted by Crippen LogP contribution is -2.39. The summed E-state index contributed by atoms with van der Waals surface area (Å²) in [6.45, 7) is 0.213. The largest absolute Gasteiger partial charge is 0.493 e. The first kappa shape index (κ1) is 30.5. The van der Waals surface area contributed by atoms with E-state index in [2.05, 4.69) is 10.3 Å². The zero-order chi connectivity index (χ0) is 32.0. The molecule has 0 saturated carbocycles. The minimum Gasteiger partial charge on any atom is -0.493 e. The lowest BCUT2D eigenvalue weighted by Gasteiger charge is -2.18. The monoisotopic (exact) mass is 617 g/mol. The Morgan fingerprint density at radius 1 is 0.870 bits per heavy atom. The van der Waals surface area contributed by atoms with Crippen LogP contribution in [0.2, 0.25) is 0 Å². The zero-order valence-corrected chi connectivity index (χ0v) is 25.9. The van der Waals surface area contributed by atoms with Gasteiger partial charge >= 0.3 is 0 Å². The van der Waals surface area contributed by atoms with Crippen LogP contribution in [0.4, 0.5) is 0 Å². The van der Waals surface area contributed by atoms with Gasteiger partial charge in [-0.15, -0.1) is 0 Å². The molecule has 1 atom stereocenters. The third-order valence-corrected chi connectivity index (χ3v) is 7.93. The van der Waals surface area contributed by atoms with E-state index >= 15 is 0 Å². The third-order valence-electron chi connectivity index (χ3n) is 7.93. The first-order chi connectivity index (χ1) is 22.5. The van der Waals surface area contributed by atoms with E-state index in [9.17, 15) is 9.90 Å². The summed E-state index contributed by atoms with van der Waals surface area (Å²) in [5, 5.41) is 15.1. The molecule has 0 unspecified atom stereocenters. The predicted octanol–water partition coefficient (Wildman–Crippen LogP) is 6.32. The van der Waals surface area contributed by atoms with Gasteiger partial charge in [-0.1, -0.05) is 48.5 Å². The number of aromatic amines is 1. The smallest absolute Gasteiger partial charge is 0.252 e. The number of para-hydroxylation sites is 1. The number of aliphatic hydroxyl groups excluding tert-OH is 1. The second-order valence-electron chi connectivity index (χ2n) is 10.8. The molecular formula is C37H35N3O6. The van der Waals surface area contributed by atoms with Gasteiger partial charge in [-0.3, -0.25) is 4.79 Å². The SMILES string of the molecule is COc1cc(-c2cc(C(=O)N[C@@H](CO)Cc3c[nH]c4ccc(OCc5ccccc5)cc34)c3ccccc3n2)cc(OC)c1OC. The summed E-state index contributed by atoms with van der Waals surface area (Å²) in [5.41, 5.74) is 5.32. The normalized spacial score (nSPS) is 11.7. The highest BCUT2D eigenvalue weighted by atomic mass is 16.5. The van der Waals surface area contributed by atoms with Crippen molar-refractivity contribution >= 4 is 27.7 Å². The van der Waals surface area contributed by atoms with Crippen LogP contribution in [0.3, 0.4) is 0 Å². The number of carbonyl (C=O) groups is 1. The number of aliphatic hydroxyl groups is 1. The van der Waals surface area contributed by atoms with Gasteiger partial charge in [0, 0.05) is 28.0 Å². The molecule has 0 aliphatic heterocycles. The molecule has 0 aliphatic carbocycles. The van der Waals surface area contributed by atoms with Crippen LogP contribution in [-0.4, -0.2) is 55.0 Å². The van der Waals surface area contributed by atoms with Crippen LogP contribution in [0, 0.1) is 0 Å². The molecule has 0 radical (unpaired) electrons. The summed E-state index contributed by atoms with van der Waals surface area (Å²) in [5.74, 6) is 1.84. The highest BCUT2D eigenvalue weighted by Gasteiger charge is 2.21. The molecule has 2 heterocycles. The maximum Gasteiger partial charge on any atom is 0.252 e. The number of hydrogen-bond acceptors (Lipinski definition) is 7. The Morgan fingerprint density at radius 2 is 1.61 bits per heavy atom. The Labute approximate surface area is 266 Å². The number of nitrogens with zero attached hydrogens (tertiary/aromatic N) is 1. The second kappa shape index (κ2) is 13.6. The quantitative estimate of drug-likeness (QED) is 0.147. The summed E-state index contributed by atoms with van der Waals surface area (Å²) < 4.78 is 22.6. The number of carbonyl (C=O) groups excluding carboxylic acids is 1. The zero-order valence-electron chi connectivity index (χ0n) is 25.9. The maximum absolute atomic E-state index is 13.9. The number of amides is 1. The van der Waals surface area contributed by atoms with Crippen molar-refractivity contribution in [3.05, 3.63) is 114 Å². The molecule has 0 spiro atoms. The fourth-order valence-electron chi connectivity index (χ4n) is 5.59. The van der Waals surface area contributed by atoms with E-state index in [-0.39, 0.29) is 12.5 Å². The van der Waals surface area contributed by atoms with Gasteiger partial charge in [-0.05, 0) is 60.0 Å². The number of benzene rings is 4. The maximum atomic E-state index is 13.9. The molecule has 0 saturated heterocycles. The second-order valence-corrected chi connectivity index (χ2v) is 10.8. The van der Waals surface area contributed by atoms with Gasteiger partial charge < -0.3 is 34.4 Å². The van der Waals surface area contributed by atoms with Gasteiger partial charge in [0.1, 0.15) is 12.4 Å². The average Bonchev–Trinajstić information content (AvgIpc) is 3.51. The molecule has 2 aromatic heterocycles. The molecule has 9 nitrogen and oxygen atoms in total. The Bertz CT molecular complexity index is 1960. The fraction of sp³-hybridized carbons (Fsp3) is 0.189. The van der Waals surface area contributed by atoms with E-state index < -0.39 is 6.04 Å². The van der Waals surface area contributed by atoms with Crippen LogP contribution in [0.25, 0.3) is 33.1 Å². The highest BCUT2D eigenvalue weighted by Crippen LogP contribution is 2.41. The summed E-state index contributed by atoms with van der Waals surface area (Å²) in [6.07, 6.45) is 2.32. The van der Waals surface area contributed by atoms with Crippen molar-refractivity contribution in [3.8, 4) is 34.3 Å². The summed E-state index contributed by atoms with van der Waals surface area (Å²) in [6, 6.07) is 28.1. The molecular weight excluding hydrogens is 582 g/mol. The Hall–Kier alpha value is -5.54. The van der Waals surface area contributed by atoms with Gasteiger partial charge in [0.15, 0.2) is 11.5 Å². The number of pyridine rings is 1. The molecule has 1 amide bonds. The van der Waals surface area contributed by atoms with Crippen molar-refractivity contribution in [1.29, 1.82) is 0 Å². The third kappa shape index (κ3) is 6.31. The molecule has 4 aromatic carbocycles. The first-order valence-corrected chi connectivity index (χ1v) is 14.9. The van der Waals surface area contributed by atoms with Crippen LogP contribution < -0.4 is 24.3 Å². The van der Waals surface area contributed by atoms with Crippen LogP contribution in [-0.2, 0) is 13.0 Å². The van der Waals surface area contributed by atoms with Crippen molar-refractivity contribution in [3.63, 3.8) is 0 Å². The molecule has 0 fully saturated rings. The van der Waals surface area contributed by atoms with Crippen molar-refractivity contribution in [1.82, 2.24) is 15.3 Å². The Kier molecular flexibility index (Phi) is 9.03. The number of H-pyrrole nitrogens is 1. The number of nitrogens with one attached hydrogen (secondary N) is 2. The molecule has 46 heavy (non-hydrogen) atoms. The Morgan fingerprint density at radius 3 is 2.33 bits per heavy atom. The van der Waals surface area contributed by atoms with E-state index in [1.165, 1.54) is 0 Å². The van der Waals surface area contributed by atoms with E-state index in [1.807, 2.05) is 79.0 Å². The number of ether oxygens (including phenoxy) is 4. The Balaban J connectivity index is 1.27. The van der Waals surface area contributed by atoms with Crippen molar-refractivity contribution in [2.75, 3.05) is 27.9 Å². The molecule has 0 bridgehead atoms. The predicted molar refractivity (Wildman–Crippen MR) is 178 cm³/mol. The van der Waals surface area contributed by atoms with Crippen molar-refractivity contribution in [2.45, 2.75) is 19.1 Å². The van der Waals surface area contributed by atoms with Crippen LogP contribution in [0.1, 0.15) is 21.5 Å². The minimum absolute atomic E-state index is 0.245. The lowest BCUT2D eigenvalue weighted by molar-refractivity contribution is 0.0918. The molecule has 0 aliphatic rings. The van der Waals surface area contributed by atoms with Gasteiger partial charge in [0.2, 0.25) is 5.75 Å². The molecule has 6 rings (SSSR count). The van der Waals surface area contributed by atoms with Crippen molar-refractivity contribution in [2.24, 2.45) is 0 Å². The number of aromatic nitrogens is 2. The van der Waals surface area contributed by atoms with E-state index in [4.69, 9.17) is 23.9 Å². The molecule has 234 valence electrons. The van der Waals surface area contributed by atoms with Crippen LogP contribution >= 0.6 is 0 Å².